The van der Waals surface area contributed by atoms with E-state index in [0.717, 1.165) is 12.8 Å². The van der Waals surface area contributed by atoms with Crippen molar-refractivity contribution in [3.8, 4) is 5.75 Å². The third-order valence-electron chi connectivity index (χ3n) is 3.42. The van der Waals surface area contributed by atoms with Crippen LogP contribution in [0.15, 0.2) is 29.8 Å². The van der Waals surface area contributed by atoms with E-state index in [4.69, 9.17) is 17.0 Å². The average Bonchev–Trinajstić information content (AvgIpc) is 2.52. The number of rotatable bonds is 7. The monoisotopic (exact) mass is 332 g/mol. The molecule has 2 N–H and O–H groups in total. The fourth-order valence-corrected chi connectivity index (χ4v) is 2.39. The van der Waals surface area contributed by atoms with E-state index in [1.165, 1.54) is 18.9 Å². The van der Waals surface area contributed by atoms with Crippen LogP contribution in [0.2, 0.25) is 0 Å². The molecule has 23 heavy (non-hydrogen) atoms. The predicted octanol–water partition coefficient (Wildman–Crippen LogP) is 2.56. The number of carbonyl (C=O) groups excluding carboxylic acids is 2. The van der Waals surface area contributed by atoms with Gasteiger partial charge in [-0.25, -0.2) is 0 Å². The maximum atomic E-state index is 11.9. The molecule has 0 spiro atoms. The summed E-state index contributed by atoms with van der Waals surface area (Å²) in [5.41, 5.74) is 0.705. The average molecular weight is 332 g/mol. The van der Waals surface area contributed by atoms with Crippen molar-refractivity contribution in [1.82, 2.24) is 10.6 Å². The first-order valence-electron chi connectivity index (χ1n) is 7.72. The van der Waals surface area contributed by atoms with Crippen LogP contribution >= 0.6 is 12.2 Å². The van der Waals surface area contributed by atoms with E-state index in [9.17, 15) is 9.59 Å². The highest BCUT2D eigenvalue weighted by Crippen LogP contribution is 2.22. The summed E-state index contributed by atoms with van der Waals surface area (Å²) >= 11 is 4.78. The molecule has 0 bridgehead atoms. The van der Waals surface area contributed by atoms with Crippen LogP contribution in [0.1, 0.15) is 38.2 Å². The summed E-state index contributed by atoms with van der Waals surface area (Å²) in [6.45, 7) is 2.77. The second kappa shape index (κ2) is 8.43. The third-order valence-corrected chi connectivity index (χ3v) is 3.62. The van der Waals surface area contributed by atoms with Gasteiger partial charge in [0.05, 0.1) is 6.61 Å². The predicted molar refractivity (Wildman–Crippen MR) is 92.9 cm³/mol. The number of para-hydroxylation sites is 1. The minimum Gasteiger partial charge on any atom is -0.493 e. The topological polar surface area (TPSA) is 67.4 Å². The molecule has 0 unspecified atom stereocenters. The van der Waals surface area contributed by atoms with Crippen LogP contribution in [0.3, 0.4) is 0 Å². The lowest BCUT2D eigenvalue weighted by Gasteiger charge is -2.17. The Kier molecular flexibility index (Phi) is 6.29. The summed E-state index contributed by atoms with van der Waals surface area (Å²) in [7, 11) is 0. The molecule has 5 nitrogen and oxygen atoms in total. The van der Waals surface area contributed by atoms with Gasteiger partial charge in [0.25, 0.3) is 11.8 Å². The quantitative estimate of drug-likeness (QED) is 0.348. The standard InChI is InChI=1S/C17H20N2O3S/c1-2-3-4-7-10-22-14-9-6-5-8-12(14)11-13-15(20)18-17(23)19-16(13)21/h5-6,8-9,11H,2-4,7,10H2,1H3,(H2,18,19,20,21,23). The van der Waals surface area contributed by atoms with Crippen molar-refractivity contribution in [2.45, 2.75) is 32.6 Å². The number of nitrogens with one attached hydrogen (secondary N) is 2. The lowest BCUT2D eigenvalue weighted by atomic mass is 10.1. The zero-order valence-corrected chi connectivity index (χ0v) is 13.9. The lowest BCUT2D eigenvalue weighted by Crippen LogP contribution is -2.51. The highest BCUT2D eigenvalue weighted by Gasteiger charge is 2.25. The number of unbranched alkanes of at least 4 members (excludes halogenated alkanes) is 3. The molecule has 1 aliphatic heterocycles. The van der Waals surface area contributed by atoms with E-state index >= 15 is 0 Å². The number of thiocarbonyl (C=S) groups is 1. The first kappa shape index (κ1) is 17.1. The van der Waals surface area contributed by atoms with Crippen LogP contribution in [0, 0.1) is 0 Å². The van der Waals surface area contributed by atoms with Crippen LogP contribution in [0.4, 0.5) is 0 Å². The molecule has 0 aliphatic carbocycles. The fourth-order valence-electron chi connectivity index (χ4n) is 2.20. The summed E-state index contributed by atoms with van der Waals surface area (Å²) in [5.74, 6) is -0.349. The van der Waals surface area contributed by atoms with Crippen molar-refractivity contribution >= 4 is 35.2 Å². The van der Waals surface area contributed by atoms with E-state index in [1.54, 1.807) is 0 Å². The van der Waals surface area contributed by atoms with Gasteiger partial charge in [-0.05, 0) is 30.8 Å². The van der Waals surface area contributed by atoms with Crippen LogP contribution in [0.25, 0.3) is 6.08 Å². The molecule has 0 radical (unpaired) electrons. The van der Waals surface area contributed by atoms with Crippen LogP contribution in [-0.4, -0.2) is 23.5 Å². The minimum atomic E-state index is -0.503. The van der Waals surface area contributed by atoms with E-state index in [0.29, 0.717) is 17.9 Å². The Hall–Kier alpha value is -2.21. The van der Waals surface area contributed by atoms with Crippen molar-refractivity contribution < 1.29 is 14.3 Å². The molecule has 2 rings (SSSR count). The first-order chi connectivity index (χ1) is 11.1. The van der Waals surface area contributed by atoms with E-state index in [2.05, 4.69) is 17.6 Å². The molecular weight excluding hydrogens is 312 g/mol. The molecule has 1 aromatic carbocycles. The fraction of sp³-hybridized carbons (Fsp3) is 0.353. The van der Waals surface area contributed by atoms with Gasteiger partial charge in [0.2, 0.25) is 0 Å². The van der Waals surface area contributed by atoms with Gasteiger partial charge in [0.1, 0.15) is 11.3 Å². The molecule has 1 heterocycles. The SMILES string of the molecule is CCCCCCOc1ccccc1C=C1C(=O)NC(=S)NC1=O. The second-order valence-corrected chi connectivity index (χ2v) is 5.65. The number of amides is 2. The van der Waals surface area contributed by atoms with Crippen LogP contribution in [-0.2, 0) is 9.59 Å². The molecule has 1 aromatic rings. The van der Waals surface area contributed by atoms with E-state index < -0.39 is 11.8 Å². The number of hydrogen-bond donors (Lipinski definition) is 2. The van der Waals surface area contributed by atoms with Gasteiger partial charge < -0.3 is 4.74 Å². The summed E-state index contributed by atoms with van der Waals surface area (Å²) in [5, 5.41) is 4.86. The Morgan fingerprint density at radius 3 is 2.48 bits per heavy atom. The van der Waals surface area contributed by atoms with Gasteiger partial charge in [-0.3, -0.25) is 20.2 Å². The van der Waals surface area contributed by atoms with Crippen molar-refractivity contribution in [2.24, 2.45) is 0 Å². The Labute approximate surface area is 141 Å². The molecular formula is C17H20N2O3S. The maximum Gasteiger partial charge on any atom is 0.263 e. The Morgan fingerprint density at radius 1 is 1.09 bits per heavy atom. The Bertz CT molecular complexity index is 618. The smallest absolute Gasteiger partial charge is 0.263 e. The van der Waals surface area contributed by atoms with Crippen molar-refractivity contribution in [2.75, 3.05) is 6.61 Å². The van der Waals surface area contributed by atoms with Crippen LogP contribution in [0.5, 0.6) is 5.75 Å². The molecule has 1 fully saturated rings. The molecule has 1 aliphatic rings. The highest BCUT2D eigenvalue weighted by atomic mass is 32.1. The molecule has 0 aromatic heterocycles. The zero-order chi connectivity index (χ0) is 16.7. The molecule has 1 saturated heterocycles. The molecule has 2 amide bonds. The van der Waals surface area contributed by atoms with Crippen molar-refractivity contribution in [3.05, 3.63) is 35.4 Å². The Balaban J connectivity index is 2.10. The van der Waals surface area contributed by atoms with Gasteiger partial charge in [-0.2, -0.15) is 0 Å². The van der Waals surface area contributed by atoms with Gasteiger partial charge in [0, 0.05) is 5.56 Å². The summed E-state index contributed by atoms with van der Waals surface area (Å²) in [6, 6.07) is 7.33. The first-order valence-corrected chi connectivity index (χ1v) is 8.13. The summed E-state index contributed by atoms with van der Waals surface area (Å²) < 4.78 is 5.78. The zero-order valence-electron chi connectivity index (χ0n) is 13.1. The van der Waals surface area contributed by atoms with Gasteiger partial charge in [-0.1, -0.05) is 44.4 Å². The number of hydrogen-bond acceptors (Lipinski definition) is 4. The summed E-state index contributed by atoms with van der Waals surface area (Å²) in [4.78, 5) is 23.8. The van der Waals surface area contributed by atoms with E-state index in [-0.39, 0.29) is 10.7 Å². The molecule has 0 saturated carbocycles. The molecule has 6 heteroatoms. The number of benzene rings is 1. The lowest BCUT2D eigenvalue weighted by molar-refractivity contribution is -0.123. The normalized spacial score (nSPS) is 14.3. The molecule has 0 atom stereocenters. The van der Waals surface area contributed by atoms with Crippen molar-refractivity contribution in [1.29, 1.82) is 0 Å². The third kappa shape index (κ3) is 4.89. The minimum absolute atomic E-state index is 0.0145. The van der Waals surface area contributed by atoms with Gasteiger partial charge in [0.15, 0.2) is 5.11 Å². The number of ether oxygens (including phenoxy) is 1. The maximum absolute atomic E-state index is 11.9. The van der Waals surface area contributed by atoms with Crippen LogP contribution < -0.4 is 15.4 Å². The van der Waals surface area contributed by atoms with E-state index in [1.807, 2.05) is 24.3 Å². The molecule has 122 valence electrons. The second-order valence-electron chi connectivity index (χ2n) is 5.24. The van der Waals surface area contributed by atoms with Gasteiger partial charge >= 0.3 is 0 Å². The highest BCUT2D eigenvalue weighted by molar-refractivity contribution is 7.80. The summed E-state index contributed by atoms with van der Waals surface area (Å²) in [6.07, 6.45) is 5.99. The van der Waals surface area contributed by atoms with Crippen molar-refractivity contribution in [3.63, 3.8) is 0 Å². The largest absolute Gasteiger partial charge is 0.493 e. The number of carbonyl (C=O) groups is 2. The van der Waals surface area contributed by atoms with Gasteiger partial charge in [-0.15, -0.1) is 0 Å². The Morgan fingerprint density at radius 2 is 1.78 bits per heavy atom.